The van der Waals surface area contributed by atoms with Crippen LogP contribution >= 0.6 is 0 Å². The molecule has 14 heteroatoms. The van der Waals surface area contributed by atoms with E-state index in [0.29, 0.717) is 47.9 Å². The lowest BCUT2D eigenvalue weighted by molar-refractivity contribution is -0.192. The normalized spacial score (nSPS) is 24.1. The Bertz CT molecular complexity index is 1560. The first-order valence-electron chi connectivity index (χ1n) is 12.7. The van der Waals surface area contributed by atoms with E-state index in [4.69, 9.17) is 9.98 Å². The van der Waals surface area contributed by atoms with Crippen molar-refractivity contribution in [3.05, 3.63) is 39.1 Å². The fourth-order valence-corrected chi connectivity index (χ4v) is 4.95. The van der Waals surface area contributed by atoms with E-state index in [1.807, 2.05) is 6.07 Å². The lowest BCUT2D eigenvalue weighted by atomic mass is 9.90. The summed E-state index contributed by atoms with van der Waals surface area (Å²) in [6.07, 6.45) is 2.76. The van der Waals surface area contributed by atoms with Gasteiger partial charge in [0.15, 0.2) is 11.1 Å². The number of aromatic nitrogens is 5. The number of H-pyrrole nitrogens is 2. The molecule has 3 heterocycles. The number of amides is 1. The highest BCUT2D eigenvalue weighted by Crippen LogP contribution is 2.57. The second-order valence-electron chi connectivity index (χ2n) is 10.4. The molecule has 0 saturated heterocycles. The van der Waals surface area contributed by atoms with Crippen LogP contribution < -0.4 is 27.0 Å². The number of rotatable bonds is 6. The zero-order valence-corrected chi connectivity index (χ0v) is 20.3. The molecular weight excluding hydrogens is 505 g/mol. The quantitative estimate of drug-likeness (QED) is 0.322. The Balaban J connectivity index is 1.20. The molecule has 38 heavy (non-hydrogen) atoms. The standard InChI is InChI=1S/C24H27F3N8O3/c25-24(26,27)23(7-8-23)21(37)31-15-5-1-13(2-6-15)29-17-10-18(30-14-3-4-14)35-19(33-17)12(11-28-35)9-16-20(36)34-22(38)32-16/h9-11,13-15,29,36H,1-8H2,(H,31,37)(H2,32,34,38)/b12-9-,30-18?. The summed E-state index contributed by atoms with van der Waals surface area (Å²) in [4.78, 5) is 38.1. The molecule has 6 rings (SSSR count). The third kappa shape index (κ3) is 4.63. The third-order valence-electron chi connectivity index (χ3n) is 7.52. The van der Waals surface area contributed by atoms with Gasteiger partial charge in [0, 0.05) is 23.4 Å². The minimum absolute atomic E-state index is 0.0183. The van der Waals surface area contributed by atoms with Crippen LogP contribution in [0.5, 0.6) is 5.88 Å². The van der Waals surface area contributed by atoms with Gasteiger partial charge in [-0.1, -0.05) is 0 Å². The molecule has 3 aliphatic carbocycles. The molecule has 0 spiro atoms. The summed E-state index contributed by atoms with van der Waals surface area (Å²) in [5.41, 5.74) is -1.44. The summed E-state index contributed by atoms with van der Waals surface area (Å²) < 4.78 is 41.4. The second kappa shape index (κ2) is 8.88. The first-order valence-corrected chi connectivity index (χ1v) is 12.7. The van der Waals surface area contributed by atoms with Crippen LogP contribution in [-0.2, 0) is 4.79 Å². The van der Waals surface area contributed by atoms with E-state index in [-0.39, 0.29) is 42.5 Å². The first kappa shape index (κ1) is 24.5. The fourth-order valence-electron chi connectivity index (χ4n) is 4.95. The highest BCUT2D eigenvalue weighted by atomic mass is 19.4. The van der Waals surface area contributed by atoms with Crippen molar-refractivity contribution in [1.29, 1.82) is 0 Å². The number of aromatic hydroxyl groups is 1. The predicted molar refractivity (Wildman–Crippen MR) is 129 cm³/mol. The highest BCUT2D eigenvalue weighted by Gasteiger charge is 2.68. The Morgan fingerprint density at radius 1 is 1.16 bits per heavy atom. The predicted octanol–water partition coefficient (Wildman–Crippen LogP) is 1.24. The van der Waals surface area contributed by atoms with Crippen LogP contribution in [0.2, 0.25) is 0 Å². The molecule has 0 radical (unpaired) electrons. The van der Waals surface area contributed by atoms with Crippen LogP contribution in [0.1, 0.15) is 57.1 Å². The van der Waals surface area contributed by atoms with Crippen molar-refractivity contribution < 1.29 is 23.1 Å². The molecule has 0 atom stereocenters. The summed E-state index contributed by atoms with van der Waals surface area (Å²) in [6, 6.07) is 1.76. The Labute approximate surface area is 213 Å². The van der Waals surface area contributed by atoms with E-state index in [1.54, 1.807) is 16.8 Å². The molecule has 3 fully saturated rings. The zero-order valence-electron chi connectivity index (χ0n) is 20.3. The molecule has 0 bridgehead atoms. The van der Waals surface area contributed by atoms with Gasteiger partial charge in [0.05, 0.1) is 12.2 Å². The van der Waals surface area contributed by atoms with Crippen molar-refractivity contribution in [1.82, 2.24) is 29.9 Å². The van der Waals surface area contributed by atoms with E-state index < -0.39 is 23.2 Å². The van der Waals surface area contributed by atoms with Gasteiger partial charge >= 0.3 is 11.9 Å². The molecule has 1 amide bonds. The van der Waals surface area contributed by atoms with Gasteiger partial charge in [0.2, 0.25) is 11.8 Å². The summed E-state index contributed by atoms with van der Waals surface area (Å²) >= 11 is 0. The summed E-state index contributed by atoms with van der Waals surface area (Å²) in [6.45, 7) is 0. The Hall–Kier alpha value is -3.84. The lowest BCUT2D eigenvalue weighted by Crippen LogP contribution is -2.47. The SMILES string of the molecule is O=C(NC1CCC(Nc2cc(=NC3CC3)n3nc/c(=C/c4[nH]c(=O)[nH]c4O)c3n2)CC1)C1(C(F)(F)F)CC1. The summed E-state index contributed by atoms with van der Waals surface area (Å²) in [7, 11) is 0. The largest absolute Gasteiger partial charge is 0.493 e. The second-order valence-corrected chi connectivity index (χ2v) is 10.4. The maximum absolute atomic E-state index is 13.3. The van der Waals surface area contributed by atoms with Crippen molar-refractivity contribution in [2.24, 2.45) is 10.4 Å². The van der Waals surface area contributed by atoms with Crippen LogP contribution in [0.3, 0.4) is 0 Å². The Morgan fingerprint density at radius 2 is 1.87 bits per heavy atom. The lowest BCUT2D eigenvalue weighted by Gasteiger charge is -2.31. The molecule has 3 aliphatic rings. The average Bonchev–Trinajstić information content (AvgIpc) is 3.77. The van der Waals surface area contributed by atoms with Crippen molar-refractivity contribution >= 4 is 23.4 Å². The molecular formula is C24H27F3N8O3. The number of alkyl halides is 3. The molecule has 0 aliphatic heterocycles. The summed E-state index contributed by atoms with van der Waals surface area (Å²) in [5, 5.41) is 20.9. The molecule has 3 aromatic heterocycles. The molecule has 11 nitrogen and oxygen atoms in total. The number of anilines is 1. The third-order valence-corrected chi connectivity index (χ3v) is 7.52. The van der Waals surface area contributed by atoms with E-state index in [0.717, 1.165) is 12.8 Å². The van der Waals surface area contributed by atoms with Gasteiger partial charge in [-0.2, -0.15) is 22.8 Å². The number of carbonyl (C=O) groups is 1. The zero-order chi connectivity index (χ0) is 26.7. The van der Waals surface area contributed by atoms with E-state index in [2.05, 4.69) is 25.7 Å². The number of fused-ring (bicyclic) bond motifs is 1. The van der Waals surface area contributed by atoms with Crippen LogP contribution in [-0.4, -0.2) is 59.9 Å². The fraction of sp³-hybridized carbons (Fsp3) is 0.542. The van der Waals surface area contributed by atoms with Gasteiger partial charge in [-0.05, 0) is 57.4 Å². The van der Waals surface area contributed by atoms with Gasteiger partial charge in [-0.3, -0.25) is 14.8 Å². The molecule has 3 aromatic rings. The maximum Gasteiger partial charge on any atom is 0.403 e. The molecule has 3 saturated carbocycles. The Kier molecular flexibility index (Phi) is 5.72. The van der Waals surface area contributed by atoms with Gasteiger partial charge < -0.3 is 20.7 Å². The number of aromatic amines is 2. The number of halogens is 3. The Morgan fingerprint density at radius 3 is 2.47 bits per heavy atom. The summed E-state index contributed by atoms with van der Waals surface area (Å²) in [5.74, 6) is -0.627. The van der Waals surface area contributed by atoms with Gasteiger partial charge in [-0.25, -0.2) is 9.78 Å². The highest BCUT2D eigenvalue weighted by molar-refractivity contribution is 5.86. The van der Waals surface area contributed by atoms with Gasteiger partial charge in [-0.15, -0.1) is 0 Å². The van der Waals surface area contributed by atoms with Crippen LogP contribution in [0, 0.1) is 5.41 Å². The number of hydrogen-bond donors (Lipinski definition) is 5. The van der Waals surface area contributed by atoms with Crippen LogP contribution in [0.15, 0.2) is 22.1 Å². The van der Waals surface area contributed by atoms with Crippen molar-refractivity contribution in [2.45, 2.75) is 75.7 Å². The van der Waals surface area contributed by atoms with Crippen molar-refractivity contribution in [2.75, 3.05) is 5.32 Å². The van der Waals surface area contributed by atoms with E-state index >= 15 is 0 Å². The number of carbonyl (C=O) groups excluding carboxylic acids is 1. The number of nitrogens with zero attached hydrogens (tertiary/aromatic N) is 4. The van der Waals surface area contributed by atoms with Crippen molar-refractivity contribution in [3.8, 4) is 5.88 Å². The molecule has 0 aromatic carbocycles. The minimum atomic E-state index is -4.51. The van der Waals surface area contributed by atoms with Crippen LogP contribution in [0.25, 0.3) is 11.7 Å². The van der Waals surface area contributed by atoms with Crippen molar-refractivity contribution in [3.63, 3.8) is 0 Å². The number of nitrogens with one attached hydrogen (secondary N) is 4. The minimum Gasteiger partial charge on any atom is -0.493 e. The van der Waals surface area contributed by atoms with E-state index in [1.165, 1.54) is 0 Å². The molecule has 202 valence electrons. The topological polar surface area (TPSA) is 153 Å². The van der Waals surface area contributed by atoms with Gasteiger partial charge in [0.25, 0.3) is 0 Å². The maximum atomic E-state index is 13.3. The number of imidazole rings is 1. The van der Waals surface area contributed by atoms with Gasteiger partial charge in [0.1, 0.15) is 16.9 Å². The molecule has 5 N–H and O–H groups in total. The molecule has 0 unspecified atom stereocenters. The van der Waals surface area contributed by atoms with E-state index in [9.17, 15) is 27.9 Å². The van der Waals surface area contributed by atoms with Crippen LogP contribution in [0.4, 0.5) is 19.0 Å². The monoisotopic (exact) mass is 532 g/mol. The average molecular weight is 533 g/mol. The number of hydrogen-bond acceptors (Lipinski definition) is 7. The first-order chi connectivity index (χ1) is 18.1. The smallest absolute Gasteiger partial charge is 0.403 e.